The molecule has 0 spiro atoms. The van der Waals surface area contributed by atoms with Crippen LogP contribution in [0.25, 0.3) is 16.9 Å². The van der Waals surface area contributed by atoms with Crippen LogP contribution in [0.15, 0.2) is 70.5 Å². The molecule has 0 radical (unpaired) electrons. The molecule has 12 heteroatoms. The largest absolute Gasteiger partial charge is 0.573 e. The van der Waals surface area contributed by atoms with Crippen LogP contribution in [0.4, 0.5) is 19.0 Å². The second-order valence-corrected chi connectivity index (χ2v) is 8.13. The fraction of sp³-hybridized carbons (Fsp3) is 0.174. The second kappa shape index (κ2) is 10.1. The van der Waals surface area contributed by atoms with Crippen molar-refractivity contribution in [1.29, 1.82) is 0 Å². The van der Waals surface area contributed by atoms with Crippen LogP contribution in [0.3, 0.4) is 0 Å². The third-order valence-electron chi connectivity index (χ3n) is 4.67. The Balaban J connectivity index is 1.62. The maximum Gasteiger partial charge on any atom is 0.573 e. The number of halogens is 3. The van der Waals surface area contributed by atoms with Gasteiger partial charge in [0.25, 0.3) is 0 Å². The first-order valence-corrected chi connectivity index (χ1v) is 11.1. The highest BCUT2D eigenvalue weighted by atomic mass is 32.2. The molecule has 35 heavy (non-hydrogen) atoms. The maximum atomic E-state index is 12.6. The number of methoxy groups -OCH3 is 1. The van der Waals surface area contributed by atoms with E-state index in [4.69, 9.17) is 9.26 Å². The summed E-state index contributed by atoms with van der Waals surface area (Å²) in [7, 11) is 1.56. The van der Waals surface area contributed by atoms with Crippen molar-refractivity contribution in [2.45, 2.75) is 18.4 Å². The van der Waals surface area contributed by atoms with Gasteiger partial charge in [0.05, 0.1) is 24.8 Å². The van der Waals surface area contributed by atoms with E-state index in [2.05, 4.69) is 20.2 Å². The first-order valence-electron chi connectivity index (χ1n) is 10.2. The third kappa shape index (κ3) is 6.15. The summed E-state index contributed by atoms with van der Waals surface area (Å²) >= 11 is 1.16. The van der Waals surface area contributed by atoms with Crippen molar-refractivity contribution in [2.24, 2.45) is 0 Å². The van der Waals surface area contributed by atoms with Gasteiger partial charge >= 0.3 is 6.36 Å². The molecule has 2 aromatic carbocycles. The van der Waals surface area contributed by atoms with E-state index in [0.717, 1.165) is 17.3 Å². The Morgan fingerprint density at radius 1 is 1.11 bits per heavy atom. The van der Waals surface area contributed by atoms with Gasteiger partial charge in [0.2, 0.25) is 5.91 Å². The fourth-order valence-electron chi connectivity index (χ4n) is 3.18. The zero-order valence-electron chi connectivity index (χ0n) is 18.5. The van der Waals surface area contributed by atoms with Gasteiger partial charge in [-0.15, -0.1) is 13.2 Å². The van der Waals surface area contributed by atoms with E-state index in [9.17, 15) is 18.0 Å². The van der Waals surface area contributed by atoms with Gasteiger partial charge in [0, 0.05) is 17.3 Å². The highest BCUT2D eigenvalue weighted by Crippen LogP contribution is 2.32. The van der Waals surface area contributed by atoms with Crippen LogP contribution in [0.2, 0.25) is 0 Å². The lowest BCUT2D eigenvalue weighted by Gasteiger charge is -2.14. The zero-order chi connectivity index (χ0) is 25.0. The van der Waals surface area contributed by atoms with Crippen molar-refractivity contribution in [3.63, 3.8) is 0 Å². The van der Waals surface area contributed by atoms with Crippen molar-refractivity contribution < 1.29 is 32.0 Å². The Hall–Kier alpha value is -3.93. The van der Waals surface area contributed by atoms with Crippen molar-refractivity contribution in [1.82, 2.24) is 14.7 Å². The number of rotatable bonds is 8. The highest BCUT2D eigenvalue weighted by molar-refractivity contribution is 7.99. The monoisotopic (exact) mass is 504 g/mol. The molecule has 4 rings (SSSR count). The van der Waals surface area contributed by atoms with Gasteiger partial charge in [-0.05, 0) is 55.5 Å². The van der Waals surface area contributed by atoms with Crippen LogP contribution < -0.4 is 14.8 Å². The number of carbonyl (C=O) groups is 1. The van der Waals surface area contributed by atoms with Crippen molar-refractivity contribution in [3.05, 3.63) is 66.6 Å². The number of benzene rings is 2. The van der Waals surface area contributed by atoms with E-state index in [1.54, 1.807) is 43.0 Å². The molecule has 1 amide bonds. The quantitative estimate of drug-likeness (QED) is 0.318. The molecule has 0 bridgehead atoms. The van der Waals surface area contributed by atoms with E-state index in [-0.39, 0.29) is 17.4 Å². The molecule has 0 aliphatic heterocycles. The fourth-order valence-corrected chi connectivity index (χ4v) is 3.98. The Morgan fingerprint density at radius 2 is 1.80 bits per heavy atom. The van der Waals surface area contributed by atoms with Crippen LogP contribution in [0.5, 0.6) is 11.5 Å². The predicted octanol–water partition coefficient (Wildman–Crippen LogP) is 5.47. The normalized spacial score (nSPS) is 11.3. The van der Waals surface area contributed by atoms with Gasteiger partial charge in [-0.25, -0.2) is 4.98 Å². The van der Waals surface area contributed by atoms with E-state index in [1.165, 1.54) is 24.3 Å². The number of hydrogen-bond acceptors (Lipinski definition) is 7. The first-order chi connectivity index (χ1) is 16.7. The van der Waals surface area contributed by atoms with Gasteiger partial charge in [-0.2, -0.15) is 0 Å². The molecule has 2 heterocycles. The number of ether oxygens (including phenoxy) is 2. The van der Waals surface area contributed by atoms with Crippen molar-refractivity contribution in [3.8, 4) is 28.4 Å². The minimum Gasteiger partial charge on any atom is -0.497 e. The van der Waals surface area contributed by atoms with Gasteiger partial charge in [-0.1, -0.05) is 16.9 Å². The summed E-state index contributed by atoms with van der Waals surface area (Å²) in [6.45, 7) is 1.71. The maximum absolute atomic E-state index is 12.6. The van der Waals surface area contributed by atoms with E-state index < -0.39 is 6.36 Å². The van der Waals surface area contributed by atoms with E-state index >= 15 is 0 Å². The first kappa shape index (κ1) is 24.2. The molecule has 0 aliphatic rings. The number of nitrogens with zero attached hydrogens (tertiary/aromatic N) is 3. The number of nitrogens with one attached hydrogen (secondary N) is 1. The molecule has 8 nitrogen and oxygen atoms in total. The van der Waals surface area contributed by atoms with E-state index in [0.29, 0.717) is 33.9 Å². The summed E-state index contributed by atoms with van der Waals surface area (Å²) in [6, 6.07) is 14.2. The smallest absolute Gasteiger partial charge is 0.497 e. The summed E-state index contributed by atoms with van der Waals surface area (Å²) in [4.78, 5) is 16.8. The third-order valence-corrected chi connectivity index (χ3v) is 5.62. The Bertz CT molecular complexity index is 1300. The minimum absolute atomic E-state index is 0.0141. The van der Waals surface area contributed by atoms with Crippen LogP contribution in [0, 0.1) is 6.92 Å². The predicted molar refractivity (Wildman–Crippen MR) is 123 cm³/mol. The highest BCUT2D eigenvalue weighted by Gasteiger charge is 2.31. The molecule has 4 aromatic rings. The average molecular weight is 504 g/mol. The van der Waals surface area contributed by atoms with Crippen LogP contribution in [-0.4, -0.2) is 39.8 Å². The molecular weight excluding hydrogens is 485 g/mol. The second-order valence-electron chi connectivity index (χ2n) is 7.19. The van der Waals surface area contributed by atoms with Gasteiger partial charge in [0.1, 0.15) is 17.3 Å². The number of imidazole rings is 1. The molecular formula is C23H19F3N4O4S. The average Bonchev–Trinajstić information content (AvgIpc) is 3.43. The van der Waals surface area contributed by atoms with Crippen LogP contribution in [0.1, 0.15) is 5.76 Å². The number of aromatic nitrogens is 3. The summed E-state index contributed by atoms with van der Waals surface area (Å²) in [5.41, 5.74) is 2.01. The molecule has 0 saturated heterocycles. The summed E-state index contributed by atoms with van der Waals surface area (Å²) in [5.74, 6) is 0.880. The Morgan fingerprint density at radius 3 is 2.40 bits per heavy atom. The molecule has 0 fully saturated rings. The summed E-state index contributed by atoms with van der Waals surface area (Å²) in [5, 5.41) is 6.83. The Labute approximate surface area is 202 Å². The number of anilines is 1. The standard InChI is InChI=1S/C23H19F3N4O4S/c1-14-11-20(29-34-14)28-21(31)13-35-22-27-12-19(15-3-7-17(32-2)8-4-15)30(22)16-5-9-18(10-6-16)33-23(24,25)26/h3-12H,13H2,1-2H3,(H,28,29,31). The topological polar surface area (TPSA) is 91.4 Å². The number of hydrogen-bond donors (Lipinski definition) is 1. The molecule has 0 unspecified atom stereocenters. The van der Waals surface area contributed by atoms with Gasteiger partial charge < -0.3 is 19.3 Å². The summed E-state index contributed by atoms with van der Waals surface area (Å²) in [6.07, 6.45) is -3.16. The lowest BCUT2D eigenvalue weighted by Crippen LogP contribution is -2.17. The van der Waals surface area contributed by atoms with Gasteiger partial charge in [0.15, 0.2) is 11.0 Å². The molecule has 0 aliphatic carbocycles. The number of amides is 1. The minimum atomic E-state index is -4.79. The SMILES string of the molecule is COc1ccc(-c2cnc(SCC(=O)Nc3cc(C)on3)n2-c2ccc(OC(F)(F)F)cc2)cc1. The molecule has 0 atom stereocenters. The molecule has 2 aromatic heterocycles. The molecule has 0 saturated carbocycles. The lowest BCUT2D eigenvalue weighted by atomic mass is 10.1. The number of alkyl halides is 3. The molecule has 182 valence electrons. The van der Waals surface area contributed by atoms with Crippen molar-refractivity contribution >= 4 is 23.5 Å². The number of aryl methyl sites for hydroxylation is 1. The summed E-state index contributed by atoms with van der Waals surface area (Å²) < 4.78 is 53.5. The van der Waals surface area contributed by atoms with E-state index in [1.807, 2.05) is 12.1 Å². The van der Waals surface area contributed by atoms with Crippen LogP contribution >= 0.6 is 11.8 Å². The lowest BCUT2D eigenvalue weighted by molar-refractivity contribution is -0.274. The molecule has 1 N–H and O–H groups in total. The Kier molecular flexibility index (Phi) is 7.01. The number of thioether (sulfide) groups is 1. The zero-order valence-corrected chi connectivity index (χ0v) is 19.3. The van der Waals surface area contributed by atoms with Crippen molar-refractivity contribution in [2.75, 3.05) is 18.2 Å². The number of carbonyl (C=O) groups excluding carboxylic acids is 1. The van der Waals surface area contributed by atoms with Crippen LogP contribution in [-0.2, 0) is 4.79 Å². The van der Waals surface area contributed by atoms with Gasteiger partial charge in [-0.3, -0.25) is 9.36 Å².